The zero-order valence-electron chi connectivity index (χ0n) is 10.8. The molecule has 0 saturated heterocycles. The van der Waals surface area contributed by atoms with E-state index in [9.17, 15) is 4.79 Å². The summed E-state index contributed by atoms with van der Waals surface area (Å²) in [4.78, 5) is 12.1. The van der Waals surface area contributed by atoms with E-state index in [1.54, 1.807) is 0 Å². The van der Waals surface area contributed by atoms with E-state index in [0.29, 0.717) is 11.7 Å². The summed E-state index contributed by atoms with van der Waals surface area (Å²) in [6.07, 6.45) is 6.92. The van der Waals surface area contributed by atoms with Gasteiger partial charge in [-0.25, -0.2) is 0 Å². The van der Waals surface area contributed by atoms with Gasteiger partial charge in [-0.1, -0.05) is 47.0 Å². The molecule has 15 heavy (non-hydrogen) atoms. The van der Waals surface area contributed by atoms with Gasteiger partial charge in [0.1, 0.15) is 5.78 Å². The minimum absolute atomic E-state index is 0.163. The molecule has 1 saturated carbocycles. The van der Waals surface area contributed by atoms with Crippen LogP contribution in [0.25, 0.3) is 0 Å². The van der Waals surface area contributed by atoms with Crippen molar-refractivity contribution in [3.63, 3.8) is 0 Å². The number of rotatable bonds is 3. The molecule has 0 aliphatic heterocycles. The maximum Gasteiger partial charge on any atom is 0.136 e. The lowest BCUT2D eigenvalue weighted by molar-refractivity contribution is -0.126. The first-order valence-corrected chi connectivity index (χ1v) is 6.45. The lowest BCUT2D eigenvalue weighted by Gasteiger charge is -2.29. The van der Waals surface area contributed by atoms with Gasteiger partial charge in [0.05, 0.1) is 0 Å². The topological polar surface area (TPSA) is 17.1 Å². The molecule has 1 aliphatic rings. The highest BCUT2D eigenvalue weighted by Gasteiger charge is 2.28. The van der Waals surface area contributed by atoms with Gasteiger partial charge in [0.25, 0.3) is 0 Å². The van der Waals surface area contributed by atoms with Crippen molar-refractivity contribution in [1.29, 1.82) is 0 Å². The molecule has 0 aromatic carbocycles. The Morgan fingerprint density at radius 1 is 1.27 bits per heavy atom. The van der Waals surface area contributed by atoms with Crippen LogP contribution < -0.4 is 0 Å². The SMILES string of the molecule is CCC1CCCC(C(=O)CC(C)(C)C)C1. The van der Waals surface area contributed by atoms with Gasteiger partial charge in [0, 0.05) is 12.3 Å². The van der Waals surface area contributed by atoms with Gasteiger partial charge >= 0.3 is 0 Å². The molecule has 2 unspecified atom stereocenters. The van der Waals surface area contributed by atoms with Crippen LogP contribution in [-0.2, 0) is 4.79 Å². The maximum absolute atomic E-state index is 12.1. The summed E-state index contributed by atoms with van der Waals surface area (Å²) in [5, 5.41) is 0. The number of hydrogen-bond acceptors (Lipinski definition) is 1. The molecule has 1 heteroatoms. The first-order valence-electron chi connectivity index (χ1n) is 6.45. The molecule has 0 spiro atoms. The van der Waals surface area contributed by atoms with Crippen LogP contribution in [-0.4, -0.2) is 5.78 Å². The lowest BCUT2D eigenvalue weighted by atomic mass is 9.75. The predicted molar refractivity (Wildman–Crippen MR) is 64.8 cm³/mol. The molecule has 0 bridgehead atoms. The molecule has 2 atom stereocenters. The van der Waals surface area contributed by atoms with Crippen LogP contribution in [0.4, 0.5) is 0 Å². The Balaban J connectivity index is 2.45. The first kappa shape index (κ1) is 12.7. The number of hydrogen-bond donors (Lipinski definition) is 0. The van der Waals surface area contributed by atoms with Gasteiger partial charge in [0.15, 0.2) is 0 Å². The molecular formula is C14H26O. The molecule has 0 aromatic heterocycles. The molecule has 1 nitrogen and oxygen atoms in total. The van der Waals surface area contributed by atoms with Crippen LogP contribution in [0.15, 0.2) is 0 Å². The van der Waals surface area contributed by atoms with E-state index in [4.69, 9.17) is 0 Å². The standard InChI is InChI=1S/C14H26O/c1-5-11-7-6-8-12(9-11)13(15)10-14(2,3)4/h11-12H,5-10H2,1-4H3. The van der Waals surface area contributed by atoms with Crippen LogP contribution in [0.2, 0.25) is 0 Å². The summed E-state index contributed by atoms with van der Waals surface area (Å²) in [5.74, 6) is 1.70. The first-order chi connectivity index (χ1) is 6.92. The van der Waals surface area contributed by atoms with Gasteiger partial charge in [-0.15, -0.1) is 0 Å². The zero-order chi connectivity index (χ0) is 11.5. The molecule has 0 radical (unpaired) electrons. The second kappa shape index (κ2) is 5.14. The highest BCUT2D eigenvalue weighted by Crippen LogP contribution is 2.34. The quantitative estimate of drug-likeness (QED) is 0.682. The minimum atomic E-state index is 0.163. The van der Waals surface area contributed by atoms with Gasteiger partial charge in [0.2, 0.25) is 0 Å². The molecule has 1 rings (SSSR count). The number of carbonyl (C=O) groups excluding carboxylic acids is 1. The molecule has 0 amide bonds. The van der Waals surface area contributed by atoms with E-state index in [2.05, 4.69) is 27.7 Å². The van der Waals surface area contributed by atoms with E-state index in [1.807, 2.05) is 0 Å². The zero-order valence-corrected chi connectivity index (χ0v) is 10.8. The van der Waals surface area contributed by atoms with Gasteiger partial charge in [-0.3, -0.25) is 4.79 Å². The van der Waals surface area contributed by atoms with E-state index >= 15 is 0 Å². The van der Waals surface area contributed by atoms with Crippen molar-refractivity contribution >= 4 is 5.78 Å². The number of ketones is 1. The Morgan fingerprint density at radius 2 is 1.93 bits per heavy atom. The monoisotopic (exact) mass is 210 g/mol. The van der Waals surface area contributed by atoms with Crippen molar-refractivity contribution in [2.75, 3.05) is 0 Å². The molecule has 88 valence electrons. The Labute approximate surface area is 94.6 Å². The largest absolute Gasteiger partial charge is 0.299 e. The molecule has 0 aromatic rings. The Kier molecular flexibility index (Phi) is 4.36. The number of Topliss-reactive ketones (excluding diaryl/α,β-unsaturated/α-hetero) is 1. The molecule has 1 fully saturated rings. The summed E-state index contributed by atoms with van der Waals surface area (Å²) in [5.41, 5.74) is 0.163. The summed E-state index contributed by atoms with van der Waals surface area (Å²) >= 11 is 0. The van der Waals surface area contributed by atoms with Gasteiger partial charge in [-0.2, -0.15) is 0 Å². The van der Waals surface area contributed by atoms with Crippen LogP contribution >= 0.6 is 0 Å². The fraction of sp³-hybridized carbons (Fsp3) is 0.929. The van der Waals surface area contributed by atoms with E-state index in [0.717, 1.165) is 25.2 Å². The maximum atomic E-state index is 12.1. The fourth-order valence-corrected chi connectivity index (χ4v) is 2.62. The second-order valence-electron chi connectivity index (χ2n) is 6.34. The highest BCUT2D eigenvalue weighted by molar-refractivity contribution is 5.81. The lowest BCUT2D eigenvalue weighted by Crippen LogP contribution is -2.26. The molecular weight excluding hydrogens is 184 g/mol. The summed E-state index contributed by atoms with van der Waals surface area (Å²) in [6, 6.07) is 0. The third kappa shape index (κ3) is 4.36. The van der Waals surface area contributed by atoms with Crippen molar-refractivity contribution in [1.82, 2.24) is 0 Å². The van der Waals surface area contributed by atoms with Crippen molar-refractivity contribution in [2.45, 2.75) is 66.2 Å². The predicted octanol–water partition coefficient (Wildman–Crippen LogP) is 4.21. The third-order valence-electron chi connectivity index (χ3n) is 3.52. The van der Waals surface area contributed by atoms with Crippen molar-refractivity contribution < 1.29 is 4.79 Å². The summed E-state index contributed by atoms with van der Waals surface area (Å²) in [6.45, 7) is 8.72. The molecule has 0 heterocycles. The Bertz CT molecular complexity index is 212. The second-order valence-corrected chi connectivity index (χ2v) is 6.34. The summed E-state index contributed by atoms with van der Waals surface area (Å²) < 4.78 is 0. The molecule has 0 N–H and O–H groups in total. The van der Waals surface area contributed by atoms with Crippen LogP contribution in [0.1, 0.15) is 66.2 Å². The van der Waals surface area contributed by atoms with Crippen LogP contribution in [0, 0.1) is 17.3 Å². The van der Waals surface area contributed by atoms with Crippen LogP contribution in [0.3, 0.4) is 0 Å². The molecule has 1 aliphatic carbocycles. The van der Waals surface area contributed by atoms with Crippen molar-refractivity contribution in [3.05, 3.63) is 0 Å². The highest BCUT2D eigenvalue weighted by atomic mass is 16.1. The Hall–Kier alpha value is -0.330. The number of carbonyl (C=O) groups is 1. The van der Waals surface area contributed by atoms with Gasteiger partial charge in [-0.05, 0) is 24.2 Å². The van der Waals surface area contributed by atoms with E-state index < -0.39 is 0 Å². The van der Waals surface area contributed by atoms with Crippen LogP contribution in [0.5, 0.6) is 0 Å². The fourth-order valence-electron chi connectivity index (χ4n) is 2.62. The van der Waals surface area contributed by atoms with Crippen molar-refractivity contribution in [2.24, 2.45) is 17.3 Å². The smallest absolute Gasteiger partial charge is 0.136 e. The summed E-state index contributed by atoms with van der Waals surface area (Å²) in [7, 11) is 0. The average molecular weight is 210 g/mol. The average Bonchev–Trinajstić information content (AvgIpc) is 2.15. The minimum Gasteiger partial charge on any atom is -0.299 e. The normalized spacial score (nSPS) is 27.7. The Morgan fingerprint density at radius 3 is 2.47 bits per heavy atom. The third-order valence-corrected chi connectivity index (χ3v) is 3.52. The van der Waals surface area contributed by atoms with Gasteiger partial charge < -0.3 is 0 Å². The van der Waals surface area contributed by atoms with E-state index in [1.165, 1.54) is 19.3 Å². The van der Waals surface area contributed by atoms with Crippen molar-refractivity contribution in [3.8, 4) is 0 Å². The van der Waals surface area contributed by atoms with E-state index in [-0.39, 0.29) is 5.41 Å².